The molecule has 0 unspecified atom stereocenters. The van der Waals surface area contributed by atoms with Crippen LogP contribution in [0.2, 0.25) is 0 Å². The van der Waals surface area contributed by atoms with Crippen LogP contribution in [0.15, 0.2) is 23.0 Å². The van der Waals surface area contributed by atoms with Gasteiger partial charge in [0.1, 0.15) is 5.82 Å². The SMILES string of the molecule is C[C@@H]1C[C@H](C)CN(c2nc3c(c(=O)[nH]2)[C@@H](C(=O)Nc2ccc(F)c(F)c2)CC(=O)N3)C1. The zero-order chi connectivity index (χ0) is 22.3. The Hall–Kier alpha value is -3.30. The van der Waals surface area contributed by atoms with Crippen molar-refractivity contribution in [2.75, 3.05) is 28.6 Å². The van der Waals surface area contributed by atoms with Crippen LogP contribution in [0.5, 0.6) is 0 Å². The Morgan fingerprint density at radius 1 is 1.16 bits per heavy atom. The van der Waals surface area contributed by atoms with Crippen LogP contribution in [-0.2, 0) is 9.59 Å². The maximum atomic E-state index is 13.5. The molecule has 2 aliphatic heterocycles. The molecule has 0 aliphatic carbocycles. The van der Waals surface area contributed by atoms with E-state index in [4.69, 9.17) is 0 Å². The lowest BCUT2D eigenvalue weighted by molar-refractivity contribution is -0.123. The highest BCUT2D eigenvalue weighted by Gasteiger charge is 2.35. The van der Waals surface area contributed by atoms with E-state index in [9.17, 15) is 23.2 Å². The molecule has 2 aliphatic rings. The summed E-state index contributed by atoms with van der Waals surface area (Å²) in [7, 11) is 0. The molecule has 3 heterocycles. The topological polar surface area (TPSA) is 107 Å². The summed E-state index contributed by atoms with van der Waals surface area (Å²) in [5, 5.41) is 5.02. The molecule has 3 atom stereocenters. The van der Waals surface area contributed by atoms with Crippen LogP contribution in [0.25, 0.3) is 0 Å². The third kappa shape index (κ3) is 4.28. The van der Waals surface area contributed by atoms with Gasteiger partial charge in [0, 0.05) is 31.3 Å². The molecule has 0 radical (unpaired) electrons. The average Bonchev–Trinajstić information content (AvgIpc) is 2.69. The summed E-state index contributed by atoms with van der Waals surface area (Å²) in [6.45, 7) is 5.69. The minimum Gasteiger partial charge on any atom is -0.342 e. The zero-order valence-corrected chi connectivity index (χ0v) is 17.2. The summed E-state index contributed by atoms with van der Waals surface area (Å²) in [6.07, 6.45) is 0.818. The number of rotatable bonds is 3. The zero-order valence-electron chi connectivity index (χ0n) is 17.2. The number of hydrogen-bond donors (Lipinski definition) is 3. The molecular weight excluding hydrogens is 408 g/mol. The van der Waals surface area contributed by atoms with E-state index in [-0.39, 0.29) is 23.5 Å². The van der Waals surface area contributed by atoms with Crippen molar-refractivity contribution < 1.29 is 18.4 Å². The van der Waals surface area contributed by atoms with Gasteiger partial charge in [0.2, 0.25) is 17.8 Å². The van der Waals surface area contributed by atoms with Crippen LogP contribution in [0.1, 0.15) is 38.2 Å². The van der Waals surface area contributed by atoms with Gasteiger partial charge < -0.3 is 15.5 Å². The van der Waals surface area contributed by atoms with Crippen molar-refractivity contribution in [3.8, 4) is 0 Å². The van der Waals surface area contributed by atoms with Gasteiger partial charge in [0.15, 0.2) is 11.6 Å². The van der Waals surface area contributed by atoms with Gasteiger partial charge in [-0.05, 0) is 30.4 Å². The summed E-state index contributed by atoms with van der Waals surface area (Å²) in [4.78, 5) is 47.1. The standard InChI is InChI=1S/C21H23F2N5O3/c1-10-5-11(2)9-28(8-10)21-26-18-17(20(31)27-21)13(7-16(29)25-18)19(30)24-12-3-4-14(22)15(23)6-12/h3-4,6,10-11,13H,5,7-9H2,1-2H3,(H,24,30)(H2,25,26,27,29,31)/t10-,11+,13-/m0/s1. The maximum absolute atomic E-state index is 13.5. The molecule has 0 bridgehead atoms. The summed E-state index contributed by atoms with van der Waals surface area (Å²) >= 11 is 0. The van der Waals surface area contributed by atoms with Gasteiger partial charge in [-0.25, -0.2) is 8.78 Å². The largest absolute Gasteiger partial charge is 0.342 e. The van der Waals surface area contributed by atoms with E-state index >= 15 is 0 Å². The number of hydrogen-bond acceptors (Lipinski definition) is 5. The van der Waals surface area contributed by atoms with Crippen molar-refractivity contribution in [1.82, 2.24) is 9.97 Å². The fraction of sp³-hybridized carbons (Fsp3) is 0.429. The minimum absolute atomic E-state index is 0.0220. The summed E-state index contributed by atoms with van der Waals surface area (Å²) < 4.78 is 26.6. The molecule has 0 saturated carbocycles. The van der Waals surface area contributed by atoms with Crippen LogP contribution in [0.4, 0.5) is 26.2 Å². The van der Waals surface area contributed by atoms with Crippen LogP contribution in [0, 0.1) is 23.5 Å². The number of H-pyrrole nitrogens is 1. The highest BCUT2D eigenvalue weighted by Crippen LogP contribution is 2.31. The van der Waals surface area contributed by atoms with Crippen LogP contribution < -0.4 is 21.1 Å². The Balaban J connectivity index is 1.64. The van der Waals surface area contributed by atoms with E-state index in [2.05, 4.69) is 34.4 Å². The second-order valence-corrected chi connectivity index (χ2v) is 8.43. The molecule has 8 nitrogen and oxygen atoms in total. The number of nitrogens with zero attached hydrogens (tertiary/aromatic N) is 2. The number of benzene rings is 1. The number of carbonyl (C=O) groups is 2. The van der Waals surface area contributed by atoms with E-state index in [0.29, 0.717) is 17.8 Å². The molecule has 2 amide bonds. The first-order valence-corrected chi connectivity index (χ1v) is 10.2. The van der Waals surface area contributed by atoms with Gasteiger partial charge >= 0.3 is 0 Å². The van der Waals surface area contributed by atoms with E-state index in [1.165, 1.54) is 6.07 Å². The second kappa shape index (κ2) is 8.09. The molecule has 3 N–H and O–H groups in total. The fourth-order valence-electron chi connectivity index (χ4n) is 4.37. The van der Waals surface area contributed by atoms with Gasteiger partial charge in [0.25, 0.3) is 5.56 Å². The lowest BCUT2D eigenvalue weighted by Gasteiger charge is -2.35. The highest BCUT2D eigenvalue weighted by molar-refractivity contribution is 6.04. The highest BCUT2D eigenvalue weighted by atomic mass is 19.2. The number of amides is 2. The Labute approximate surface area is 177 Å². The van der Waals surface area contributed by atoms with Crippen LogP contribution in [-0.4, -0.2) is 34.9 Å². The summed E-state index contributed by atoms with van der Waals surface area (Å²) in [6, 6.07) is 2.92. The predicted molar refractivity (Wildman–Crippen MR) is 111 cm³/mol. The molecule has 10 heteroatoms. The first kappa shape index (κ1) is 21.0. The van der Waals surface area contributed by atoms with E-state index < -0.39 is 34.9 Å². The van der Waals surface area contributed by atoms with Gasteiger partial charge in [0.05, 0.1) is 11.5 Å². The Morgan fingerprint density at radius 3 is 2.55 bits per heavy atom. The average molecular weight is 431 g/mol. The first-order valence-electron chi connectivity index (χ1n) is 10.2. The molecule has 2 aromatic rings. The normalized spacial score (nSPS) is 23.2. The number of halogens is 2. The monoisotopic (exact) mass is 431 g/mol. The van der Waals surface area contributed by atoms with E-state index in [0.717, 1.165) is 31.6 Å². The smallest absolute Gasteiger partial charge is 0.258 e. The quantitative estimate of drug-likeness (QED) is 0.693. The van der Waals surface area contributed by atoms with Crippen LogP contribution in [0.3, 0.4) is 0 Å². The molecule has 164 valence electrons. The summed E-state index contributed by atoms with van der Waals surface area (Å²) in [5.41, 5.74) is -0.452. The van der Waals surface area contributed by atoms with Crippen molar-refractivity contribution in [3.63, 3.8) is 0 Å². The number of anilines is 3. The van der Waals surface area contributed by atoms with Gasteiger partial charge in [-0.2, -0.15) is 4.98 Å². The third-order valence-electron chi connectivity index (χ3n) is 5.61. The van der Waals surface area contributed by atoms with E-state index in [1.807, 2.05) is 4.90 Å². The molecule has 0 spiro atoms. The molecule has 1 aromatic heterocycles. The lowest BCUT2D eigenvalue weighted by Crippen LogP contribution is -2.42. The molecule has 1 saturated heterocycles. The van der Waals surface area contributed by atoms with Crippen molar-refractivity contribution in [1.29, 1.82) is 0 Å². The predicted octanol–water partition coefficient (Wildman–Crippen LogP) is 2.59. The van der Waals surface area contributed by atoms with Gasteiger partial charge in [-0.15, -0.1) is 0 Å². The van der Waals surface area contributed by atoms with Gasteiger partial charge in [-0.3, -0.25) is 19.4 Å². The number of aromatic nitrogens is 2. The first-order chi connectivity index (χ1) is 14.7. The van der Waals surface area contributed by atoms with Crippen LogP contribution >= 0.6 is 0 Å². The molecule has 31 heavy (non-hydrogen) atoms. The molecule has 1 aromatic carbocycles. The van der Waals surface area contributed by atoms with Crippen molar-refractivity contribution in [2.45, 2.75) is 32.6 Å². The number of carbonyl (C=O) groups excluding carboxylic acids is 2. The minimum atomic E-state index is -1.12. The van der Waals surface area contributed by atoms with Crippen molar-refractivity contribution in [2.24, 2.45) is 11.8 Å². The van der Waals surface area contributed by atoms with E-state index in [1.54, 1.807) is 0 Å². The van der Waals surface area contributed by atoms with Crippen molar-refractivity contribution in [3.05, 3.63) is 45.8 Å². The number of piperidine rings is 1. The maximum Gasteiger partial charge on any atom is 0.258 e. The Morgan fingerprint density at radius 2 is 1.87 bits per heavy atom. The van der Waals surface area contributed by atoms with Crippen molar-refractivity contribution >= 4 is 29.3 Å². The molecule has 4 rings (SSSR count). The lowest BCUT2D eigenvalue weighted by atomic mass is 9.91. The Kier molecular flexibility index (Phi) is 5.47. The Bertz CT molecular complexity index is 1090. The fourth-order valence-corrected chi connectivity index (χ4v) is 4.37. The summed E-state index contributed by atoms with van der Waals surface area (Å²) in [5.74, 6) is -3.16. The molecular formula is C21H23F2N5O3. The number of aromatic amines is 1. The number of nitrogens with one attached hydrogen (secondary N) is 3. The van der Waals surface area contributed by atoms with Gasteiger partial charge in [-0.1, -0.05) is 13.8 Å². The third-order valence-corrected chi connectivity index (χ3v) is 5.61. The number of fused-ring (bicyclic) bond motifs is 1. The second-order valence-electron chi connectivity index (χ2n) is 8.43. The molecule has 1 fully saturated rings.